The normalized spacial score (nSPS) is 19.7. The third kappa shape index (κ3) is 1.80. The number of aromatic nitrogens is 1. The molecule has 1 saturated heterocycles. The number of aromatic carboxylic acids is 1. The first-order valence-corrected chi connectivity index (χ1v) is 6.09. The van der Waals surface area contributed by atoms with Gasteiger partial charge in [-0.2, -0.15) is 0 Å². The van der Waals surface area contributed by atoms with E-state index in [4.69, 9.17) is 9.15 Å². The number of ether oxygens (including phenoxy) is 1. The van der Waals surface area contributed by atoms with E-state index in [0.29, 0.717) is 12.1 Å². The molecule has 96 valence electrons. The lowest BCUT2D eigenvalue weighted by Gasteiger charge is -2.12. The summed E-state index contributed by atoms with van der Waals surface area (Å²) in [6.07, 6.45) is 2.13. The molecule has 0 aromatic carbocycles. The average molecular weight is 249 g/mol. The van der Waals surface area contributed by atoms with Crippen LogP contribution in [0.1, 0.15) is 29.1 Å². The van der Waals surface area contributed by atoms with E-state index in [9.17, 15) is 9.90 Å². The van der Waals surface area contributed by atoms with Crippen molar-refractivity contribution in [1.82, 2.24) is 4.57 Å². The summed E-state index contributed by atoms with van der Waals surface area (Å²) in [6.45, 7) is 3.20. The molecule has 0 saturated carbocycles. The summed E-state index contributed by atoms with van der Waals surface area (Å²) >= 11 is 0. The SMILES string of the molecule is Cc1cc2c(cc(C(=O)O)n2CC2CCCO2)o1. The fourth-order valence-electron chi connectivity index (χ4n) is 2.53. The first kappa shape index (κ1) is 11.3. The maximum Gasteiger partial charge on any atom is 0.352 e. The lowest BCUT2D eigenvalue weighted by atomic mass is 10.2. The maximum atomic E-state index is 11.2. The van der Waals surface area contributed by atoms with Crippen LogP contribution in [0, 0.1) is 6.92 Å². The van der Waals surface area contributed by atoms with Crippen molar-refractivity contribution in [3.05, 3.63) is 23.6 Å². The zero-order valence-corrected chi connectivity index (χ0v) is 10.2. The summed E-state index contributed by atoms with van der Waals surface area (Å²) in [5, 5.41) is 9.22. The van der Waals surface area contributed by atoms with Gasteiger partial charge in [-0.3, -0.25) is 0 Å². The molecule has 1 unspecified atom stereocenters. The molecule has 1 N–H and O–H groups in total. The van der Waals surface area contributed by atoms with Crippen LogP contribution in [0.2, 0.25) is 0 Å². The number of carboxylic acid groups (broad SMARTS) is 1. The molecule has 0 spiro atoms. The molecule has 5 heteroatoms. The van der Waals surface area contributed by atoms with Gasteiger partial charge in [0.1, 0.15) is 11.5 Å². The van der Waals surface area contributed by atoms with Crippen LogP contribution in [0.25, 0.3) is 11.1 Å². The predicted molar refractivity (Wildman–Crippen MR) is 64.9 cm³/mol. The van der Waals surface area contributed by atoms with E-state index in [0.717, 1.165) is 30.7 Å². The quantitative estimate of drug-likeness (QED) is 0.907. The van der Waals surface area contributed by atoms with E-state index in [1.807, 2.05) is 13.0 Å². The van der Waals surface area contributed by atoms with Gasteiger partial charge in [0, 0.05) is 25.3 Å². The van der Waals surface area contributed by atoms with E-state index in [1.54, 1.807) is 10.6 Å². The van der Waals surface area contributed by atoms with Crippen molar-refractivity contribution >= 4 is 17.1 Å². The summed E-state index contributed by atoms with van der Waals surface area (Å²) in [4.78, 5) is 11.2. The van der Waals surface area contributed by atoms with Crippen molar-refractivity contribution in [2.45, 2.75) is 32.4 Å². The Kier molecular flexibility index (Phi) is 2.63. The molecule has 1 fully saturated rings. The molecule has 3 heterocycles. The Morgan fingerprint density at radius 3 is 3.06 bits per heavy atom. The number of nitrogens with zero attached hydrogens (tertiary/aromatic N) is 1. The standard InChI is InChI=1S/C13H15NO4/c1-8-5-10-12(18-8)6-11(13(15)16)14(10)7-9-3-2-4-17-9/h5-6,9H,2-4,7H2,1H3,(H,15,16). The van der Waals surface area contributed by atoms with Crippen molar-refractivity contribution in [2.75, 3.05) is 6.61 Å². The Balaban J connectivity index is 2.04. The third-order valence-electron chi connectivity index (χ3n) is 3.34. The first-order valence-electron chi connectivity index (χ1n) is 6.09. The monoisotopic (exact) mass is 249 g/mol. The minimum absolute atomic E-state index is 0.105. The minimum Gasteiger partial charge on any atom is -0.477 e. The number of rotatable bonds is 3. The van der Waals surface area contributed by atoms with Gasteiger partial charge in [0.25, 0.3) is 0 Å². The first-order chi connectivity index (χ1) is 8.65. The fraction of sp³-hybridized carbons (Fsp3) is 0.462. The number of hydrogen-bond acceptors (Lipinski definition) is 3. The molecular weight excluding hydrogens is 234 g/mol. The summed E-state index contributed by atoms with van der Waals surface area (Å²) < 4.78 is 12.8. The lowest BCUT2D eigenvalue weighted by molar-refractivity contribution is 0.0672. The van der Waals surface area contributed by atoms with Gasteiger partial charge >= 0.3 is 5.97 Å². The van der Waals surface area contributed by atoms with Crippen LogP contribution in [0.15, 0.2) is 16.5 Å². The van der Waals surface area contributed by atoms with Crippen molar-refractivity contribution in [3.63, 3.8) is 0 Å². The van der Waals surface area contributed by atoms with Crippen LogP contribution in [-0.2, 0) is 11.3 Å². The average Bonchev–Trinajstić information content (AvgIpc) is 2.96. The topological polar surface area (TPSA) is 64.6 Å². The van der Waals surface area contributed by atoms with Crippen molar-refractivity contribution in [1.29, 1.82) is 0 Å². The summed E-state index contributed by atoms with van der Waals surface area (Å²) in [5.41, 5.74) is 1.72. The van der Waals surface area contributed by atoms with Gasteiger partial charge in [0.05, 0.1) is 11.6 Å². The molecule has 18 heavy (non-hydrogen) atoms. The Bertz CT molecular complexity index is 589. The van der Waals surface area contributed by atoms with Gasteiger partial charge in [-0.1, -0.05) is 0 Å². The minimum atomic E-state index is -0.933. The number of carbonyl (C=O) groups is 1. The van der Waals surface area contributed by atoms with E-state index in [1.165, 1.54) is 0 Å². The maximum absolute atomic E-state index is 11.2. The molecule has 5 nitrogen and oxygen atoms in total. The molecule has 2 aromatic heterocycles. The number of furan rings is 1. The highest BCUT2D eigenvalue weighted by Gasteiger charge is 2.22. The van der Waals surface area contributed by atoms with Crippen LogP contribution < -0.4 is 0 Å². The molecule has 1 aliphatic heterocycles. The highest BCUT2D eigenvalue weighted by atomic mass is 16.5. The molecule has 0 aliphatic carbocycles. The molecule has 0 bridgehead atoms. The van der Waals surface area contributed by atoms with Crippen molar-refractivity contribution in [3.8, 4) is 0 Å². The van der Waals surface area contributed by atoms with Crippen LogP contribution in [-0.4, -0.2) is 28.4 Å². The highest BCUT2D eigenvalue weighted by molar-refractivity contribution is 5.92. The molecule has 3 rings (SSSR count). The smallest absolute Gasteiger partial charge is 0.352 e. The van der Waals surface area contributed by atoms with E-state index >= 15 is 0 Å². The Morgan fingerprint density at radius 1 is 1.56 bits per heavy atom. The van der Waals surface area contributed by atoms with Crippen LogP contribution >= 0.6 is 0 Å². The van der Waals surface area contributed by atoms with Gasteiger partial charge in [-0.05, 0) is 19.8 Å². The molecule has 2 aromatic rings. The fourth-order valence-corrected chi connectivity index (χ4v) is 2.53. The zero-order chi connectivity index (χ0) is 12.7. The Morgan fingerprint density at radius 2 is 2.39 bits per heavy atom. The van der Waals surface area contributed by atoms with E-state index in [-0.39, 0.29) is 11.8 Å². The lowest BCUT2D eigenvalue weighted by Crippen LogP contribution is -2.18. The van der Waals surface area contributed by atoms with Crippen molar-refractivity contribution in [2.24, 2.45) is 0 Å². The van der Waals surface area contributed by atoms with E-state index in [2.05, 4.69) is 0 Å². The van der Waals surface area contributed by atoms with E-state index < -0.39 is 5.97 Å². The largest absolute Gasteiger partial charge is 0.477 e. The zero-order valence-electron chi connectivity index (χ0n) is 10.2. The summed E-state index contributed by atoms with van der Waals surface area (Å²) in [6, 6.07) is 3.45. The summed E-state index contributed by atoms with van der Waals surface area (Å²) in [5.74, 6) is -0.143. The Labute approximate surface area is 104 Å². The number of aryl methyl sites for hydroxylation is 1. The van der Waals surface area contributed by atoms with Gasteiger partial charge in [-0.25, -0.2) is 4.79 Å². The van der Waals surface area contributed by atoms with Crippen LogP contribution in [0.5, 0.6) is 0 Å². The van der Waals surface area contributed by atoms with Gasteiger partial charge in [0.15, 0.2) is 5.58 Å². The molecule has 0 amide bonds. The highest BCUT2D eigenvalue weighted by Crippen LogP contribution is 2.26. The van der Waals surface area contributed by atoms with Gasteiger partial charge in [0.2, 0.25) is 0 Å². The second-order valence-corrected chi connectivity index (χ2v) is 4.69. The molecule has 1 aliphatic rings. The second-order valence-electron chi connectivity index (χ2n) is 4.69. The van der Waals surface area contributed by atoms with Crippen LogP contribution in [0.4, 0.5) is 0 Å². The number of fused-ring (bicyclic) bond motifs is 1. The van der Waals surface area contributed by atoms with Crippen LogP contribution in [0.3, 0.4) is 0 Å². The third-order valence-corrected chi connectivity index (χ3v) is 3.34. The number of hydrogen-bond donors (Lipinski definition) is 1. The molecule has 0 radical (unpaired) electrons. The van der Waals surface area contributed by atoms with Gasteiger partial charge in [-0.15, -0.1) is 0 Å². The van der Waals surface area contributed by atoms with Gasteiger partial charge < -0.3 is 18.8 Å². The summed E-state index contributed by atoms with van der Waals surface area (Å²) in [7, 11) is 0. The molecular formula is C13H15NO4. The van der Waals surface area contributed by atoms with Crippen molar-refractivity contribution < 1.29 is 19.1 Å². The molecule has 1 atom stereocenters. The second kappa shape index (κ2) is 4.17. The Hall–Kier alpha value is -1.75. The number of carboxylic acids is 1. The predicted octanol–water partition coefficient (Wildman–Crippen LogP) is 2.42.